The van der Waals surface area contributed by atoms with Crippen LogP contribution in [0, 0.1) is 6.92 Å². The molecule has 0 radical (unpaired) electrons. The summed E-state index contributed by atoms with van der Waals surface area (Å²) in [6.45, 7) is 2.02. The minimum Gasteiger partial charge on any atom is -0.484 e. The molecule has 2 aromatic carbocycles. The Hall–Kier alpha value is -2.79. The Labute approximate surface area is 181 Å². The lowest BCUT2D eigenvalue weighted by atomic mass is 9.91. The summed E-state index contributed by atoms with van der Waals surface area (Å²) in [6, 6.07) is 16.1. The number of hydrogen-bond donors (Lipinski definition) is 2. The van der Waals surface area contributed by atoms with Crippen molar-refractivity contribution in [1.29, 1.82) is 0 Å². The summed E-state index contributed by atoms with van der Waals surface area (Å²) >= 11 is 6.08. The van der Waals surface area contributed by atoms with Crippen molar-refractivity contribution in [3.63, 3.8) is 0 Å². The second-order valence-electron chi connectivity index (χ2n) is 7.83. The topological polar surface area (TPSA) is 63.2 Å². The van der Waals surface area contributed by atoms with Gasteiger partial charge in [0.2, 0.25) is 0 Å². The number of para-hydroxylation sites is 1. The predicted molar refractivity (Wildman–Crippen MR) is 121 cm³/mol. The SMILES string of the molecule is Cc1ccccc1OCC(=O)NC1CCC(Nc2ccnc3cc(Cl)ccc23)CC1. The van der Waals surface area contributed by atoms with E-state index in [1.54, 1.807) is 6.20 Å². The number of halogens is 1. The van der Waals surface area contributed by atoms with E-state index < -0.39 is 0 Å². The molecule has 3 aromatic rings. The third-order valence-electron chi connectivity index (χ3n) is 5.61. The van der Waals surface area contributed by atoms with Gasteiger partial charge in [-0.05, 0) is 68.5 Å². The number of pyridine rings is 1. The van der Waals surface area contributed by atoms with Gasteiger partial charge in [0, 0.05) is 34.4 Å². The van der Waals surface area contributed by atoms with Crippen molar-refractivity contribution < 1.29 is 9.53 Å². The van der Waals surface area contributed by atoms with Crippen LogP contribution in [0.1, 0.15) is 31.2 Å². The first-order valence-corrected chi connectivity index (χ1v) is 10.7. The molecule has 1 aromatic heterocycles. The van der Waals surface area contributed by atoms with Crippen molar-refractivity contribution in [2.24, 2.45) is 0 Å². The molecule has 0 bridgehead atoms. The highest BCUT2D eigenvalue weighted by atomic mass is 35.5. The van der Waals surface area contributed by atoms with E-state index >= 15 is 0 Å². The summed E-state index contributed by atoms with van der Waals surface area (Å²) in [6.07, 6.45) is 5.70. The Kier molecular flexibility index (Phi) is 6.38. The van der Waals surface area contributed by atoms with Crippen LogP contribution in [0.5, 0.6) is 5.75 Å². The molecular weight excluding hydrogens is 398 g/mol. The zero-order valence-corrected chi connectivity index (χ0v) is 17.8. The third-order valence-corrected chi connectivity index (χ3v) is 5.84. The second kappa shape index (κ2) is 9.35. The summed E-state index contributed by atoms with van der Waals surface area (Å²) < 4.78 is 5.65. The second-order valence-corrected chi connectivity index (χ2v) is 8.27. The molecule has 0 aliphatic heterocycles. The monoisotopic (exact) mass is 423 g/mol. The number of aromatic nitrogens is 1. The number of carbonyl (C=O) groups excluding carboxylic acids is 1. The molecule has 30 heavy (non-hydrogen) atoms. The van der Waals surface area contributed by atoms with E-state index in [1.165, 1.54) is 0 Å². The number of fused-ring (bicyclic) bond motifs is 1. The van der Waals surface area contributed by atoms with Crippen molar-refractivity contribution in [1.82, 2.24) is 10.3 Å². The van der Waals surface area contributed by atoms with Crippen molar-refractivity contribution >= 4 is 34.1 Å². The number of anilines is 1. The summed E-state index contributed by atoms with van der Waals surface area (Å²) in [4.78, 5) is 16.7. The van der Waals surface area contributed by atoms with Crippen LogP contribution in [0.4, 0.5) is 5.69 Å². The van der Waals surface area contributed by atoms with E-state index in [1.807, 2.05) is 55.5 Å². The van der Waals surface area contributed by atoms with Crippen molar-refractivity contribution in [3.8, 4) is 5.75 Å². The van der Waals surface area contributed by atoms with E-state index in [-0.39, 0.29) is 18.6 Å². The average molecular weight is 424 g/mol. The van der Waals surface area contributed by atoms with Gasteiger partial charge in [-0.15, -0.1) is 0 Å². The fourth-order valence-corrected chi connectivity index (χ4v) is 4.15. The Morgan fingerprint density at radius 2 is 1.87 bits per heavy atom. The number of amides is 1. The highest BCUT2D eigenvalue weighted by molar-refractivity contribution is 6.31. The first-order chi connectivity index (χ1) is 14.6. The van der Waals surface area contributed by atoms with Crippen molar-refractivity contribution in [2.75, 3.05) is 11.9 Å². The summed E-state index contributed by atoms with van der Waals surface area (Å²) in [5, 5.41) is 8.53. The molecular formula is C24H26ClN3O2. The lowest BCUT2D eigenvalue weighted by Crippen LogP contribution is -2.42. The van der Waals surface area contributed by atoms with Crippen LogP contribution in [0.25, 0.3) is 10.9 Å². The first kappa shape index (κ1) is 20.5. The molecule has 5 nitrogen and oxygen atoms in total. The minimum absolute atomic E-state index is 0.0502. The van der Waals surface area contributed by atoms with E-state index in [2.05, 4.69) is 15.6 Å². The van der Waals surface area contributed by atoms with E-state index in [4.69, 9.17) is 16.3 Å². The number of ether oxygens (including phenoxy) is 1. The van der Waals surface area contributed by atoms with Gasteiger partial charge in [-0.3, -0.25) is 9.78 Å². The fraction of sp³-hybridized carbons (Fsp3) is 0.333. The van der Waals surface area contributed by atoms with Crippen LogP contribution >= 0.6 is 11.6 Å². The number of nitrogens with zero attached hydrogens (tertiary/aromatic N) is 1. The van der Waals surface area contributed by atoms with Crippen molar-refractivity contribution in [2.45, 2.75) is 44.7 Å². The number of carbonyl (C=O) groups is 1. The van der Waals surface area contributed by atoms with E-state index in [0.29, 0.717) is 11.1 Å². The maximum absolute atomic E-state index is 12.3. The molecule has 1 heterocycles. The molecule has 0 atom stereocenters. The number of rotatable bonds is 6. The molecule has 1 aliphatic carbocycles. The minimum atomic E-state index is -0.0633. The Balaban J connectivity index is 1.26. The number of aryl methyl sites for hydroxylation is 1. The first-order valence-electron chi connectivity index (χ1n) is 10.4. The molecule has 0 spiro atoms. The van der Waals surface area contributed by atoms with Gasteiger partial charge in [-0.25, -0.2) is 0 Å². The third kappa shape index (κ3) is 5.03. The lowest BCUT2D eigenvalue weighted by molar-refractivity contribution is -0.124. The molecule has 156 valence electrons. The molecule has 1 amide bonds. The maximum atomic E-state index is 12.3. The van der Waals surface area contributed by atoms with Crippen LogP contribution in [0.2, 0.25) is 5.02 Å². The Morgan fingerprint density at radius 1 is 1.10 bits per heavy atom. The molecule has 4 rings (SSSR count). The standard InChI is InChI=1S/C24H26ClN3O2/c1-16-4-2-3-5-23(16)30-15-24(29)28-19-9-7-18(8-10-19)27-21-12-13-26-22-14-17(25)6-11-20(21)22/h2-6,11-14,18-19H,7-10,15H2,1H3,(H,26,27)(H,28,29). The van der Waals surface area contributed by atoms with Gasteiger partial charge in [0.05, 0.1) is 5.52 Å². The van der Waals surface area contributed by atoms with Crippen LogP contribution < -0.4 is 15.4 Å². The van der Waals surface area contributed by atoms with Gasteiger partial charge in [0.1, 0.15) is 5.75 Å². The number of benzene rings is 2. The Bertz CT molecular complexity index is 1030. The van der Waals surface area contributed by atoms with Crippen LogP contribution in [-0.2, 0) is 4.79 Å². The van der Waals surface area contributed by atoms with Gasteiger partial charge in [-0.2, -0.15) is 0 Å². The fourth-order valence-electron chi connectivity index (χ4n) is 3.98. The zero-order valence-electron chi connectivity index (χ0n) is 17.0. The highest BCUT2D eigenvalue weighted by Gasteiger charge is 2.23. The molecule has 2 N–H and O–H groups in total. The van der Waals surface area contributed by atoms with Gasteiger partial charge in [-0.1, -0.05) is 29.8 Å². The molecule has 1 fully saturated rings. The van der Waals surface area contributed by atoms with Crippen LogP contribution in [0.3, 0.4) is 0 Å². The van der Waals surface area contributed by atoms with Gasteiger partial charge < -0.3 is 15.4 Å². The molecule has 0 saturated heterocycles. The molecule has 6 heteroatoms. The molecule has 1 saturated carbocycles. The van der Waals surface area contributed by atoms with E-state index in [0.717, 1.165) is 53.6 Å². The van der Waals surface area contributed by atoms with Crippen LogP contribution in [0.15, 0.2) is 54.7 Å². The van der Waals surface area contributed by atoms with Gasteiger partial charge in [0.15, 0.2) is 6.61 Å². The van der Waals surface area contributed by atoms with Gasteiger partial charge >= 0.3 is 0 Å². The quantitative estimate of drug-likeness (QED) is 0.578. The number of hydrogen-bond acceptors (Lipinski definition) is 4. The molecule has 1 aliphatic rings. The van der Waals surface area contributed by atoms with Crippen molar-refractivity contribution in [3.05, 3.63) is 65.3 Å². The molecule has 0 unspecified atom stereocenters. The highest BCUT2D eigenvalue weighted by Crippen LogP contribution is 2.28. The summed E-state index contributed by atoms with van der Waals surface area (Å²) in [5.74, 6) is 0.693. The van der Waals surface area contributed by atoms with E-state index in [9.17, 15) is 4.79 Å². The normalized spacial score (nSPS) is 18.7. The predicted octanol–water partition coefficient (Wildman–Crippen LogP) is 5.11. The largest absolute Gasteiger partial charge is 0.484 e. The van der Waals surface area contributed by atoms with Crippen LogP contribution in [-0.4, -0.2) is 29.6 Å². The Morgan fingerprint density at radius 3 is 2.67 bits per heavy atom. The average Bonchev–Trinajstić information content (AvgIpc) is 2.74. The van der Waals surface area contributed by atoms with Gasteiger partial charge in [0.25, 0.3) is 5.91 Å². The number of nitrogens with one attached hydrogen (secondary N) is 2. The zero-order chi connectivity index (χ0) is 20.9. The smallest absolute Gasteiger partial charge is 0.258 e. The maximum Gasteiger partial charge on any atom is 0.258 e. The summed E-state index contributed by atoms with van der Waals surface area (Å²) in [5.41, 5.74) is 3.00. The summed E-state index contributed by atoms with van der Waals surface area (Å²) in [7, 11) is 0. The lowest BCUT2D eigenvalue weighted by Gasteiger charge is -2.30.